The summed E-state index contributed by atoms with van der Waals surface area (Å²) in [6.07, 6.45) is 0.383. The molecule has 5 atom stereocenters. The van der Waals surface area contributed by atoms with Gasteiger partial charge in [-0.1, -0.05) is 5.92 Å². The Kier molecular flexibility index (Phi) is 5.53. The molecule has 0 aromatic rings. The van der Waals surface area contributed by atoms with E-state index in [1.807, 2.05) is 0 Å². The fourth-order valence-electron chi connectivity index (χ4n) is 1.74. The number of hydrogen-bond acceptors (Lipinski definition) is 6. The third-order valence-electron chi connectivity index (χ3n) is 2.58. The van der Waals surface area contributed by atoms with E-state index >= 15 is 0 Å². The molecule has 2 unspecified atom stereocenters. The SMILES string of the molecule is C#CCO[C@@H]1OC(CO)[C@H](O)[C@H](O)C1NC(C)=O. The predicted molar refractivity (Wildman–Crippen MR) is 60.2 cm³/mol. The van der Waals surface area contributed by atoms with Gasteiger partial charge in [0.25, 0.3) is 0 Å². The standard InChI is InChI=1S/C11H17NO6/c1-3-4-17-11-8(12-6(2)14)10(16)9(15)7(5-13)18-11/h1,7-11,13,15-16H,4-5H2,2H3,(H,12,14)/t7?,8?,9-,10+,11+/m0/s1. The Morgan fingerprint density at radius 1 is 1.50 bits per heavy atom. The summed E-state index contributed by atoms with van der Waals surface area (Å²) in [5.41, 5.74) is 0. The number of carbonyl (C=O) groups is 1. The first-order chi connectivity index (χ1) is 8.51. The quantitative estimate of drug-likeness (QED) is 0.418. The van der Waals surface area contributed by atoms with Gasteiger partial charge in [0.1, 0.15) is 31.0 Å². The molecule has 0 radical (unpaired) electrons. The van der Waals surface area contributed by atoms with Crippen molar-refractivity contribution in [2.45, 2.75) is 37.6 Å². The summed E-state index contributed by atoms with van der Waals surface area (Å²) >= 11 is 0. The van der Waals surface area contributed by atoms with Crippen molar-refractivity contribution in [2.75, 3.05) is 13.2 Å². The van der Waals surface area contributed by atoms with Gasteiger partial charge in [0.05, 0.1) is 6.61 Å². The second-order valence-corrected chi connectivity index (χ2v) is 3.95. The second kappa shape index (κ2) is 6.68. The molecule has 1 rings (SSSR count). The molecular formula is C11H17NO6. The summed E-state index contributed by atoms with van der Waals surface area (Å²) in [6, 6.07) is -0.950. The Labute approximate surface area is 105 Å². The molecule has 1 saturated heterocycles. The summed E-state index contributed by atoms with van der Waals surface area (Å²) < 4.78 is 10.4. The highest BCUT2D eigenvalue weighted by atomic mass is 16.7. The topological polar surface area (TPSA) is 108 Å². The fraction of sp³-hybridized carbons (Fsp3) is 0.727. The second-order valence-electron chi connectivity index (χ2n) is 3.95. The maximum Gasteiger partial charge on any atom is 0.217 e. The summed E-state index contributed by atoms with van der Waals surface area (Å²) in [5, 5.41) is 31.0. The van der Waals surface area contributed by atoms with Gasteiger partial charge in [-0.15, -0.1) is 6.42 Å². The van der Waals surface area contributed by atoms with Crippen LogP contribution >= 0.6 is 0 Å². The maximum atomic E-state index is 11.0. The number of aliphatic hydroxyl groups excluding tert-OH is 3. The van der Waals surface area contributed by atoms with Crippen molar-refractivity contribution in [1.29, 1.82) is 0 Å². The zero-order valence-corrected chi connectivity index (χ0v) is 9.94. The molecule has 0 spiro atoms. The van der Waals surface area contributed by atoms with E-state index in [4.69, 9.17) is 21.0 Å². The first kappa shape index (κ1) is 14.9. The van der Waals surface area contributed by atoms with Gasteiger partial charge in [-0.25, -0.2) is 0 Å². The van der Waals surface area contributed by atoms with E-state index in [1.165, 1.54) is 6.92 Å². The molecule has 0 aliphatic carbocycles. The highest BCUT2D eigenvalue weighted by Crippen LogP contribution is 2.21. The third kappa shape index (κ3) is 3.41. The van der Waals surface area contributed by atoms with Gasteiger partial charge in [0.2, 0.25) is 5.91 Å². The monoisotopic (exact) mass is 259 g/mol. The Bertz CT molecular complexity index is 328. The molecular weight excluding hydrogens is 242 g/mol. The van der Waals surface area contributed by atoms with Crippen molar-refractivity contribution in [2.24, 2.45) is 0 Å². The molecule has 0 saturated carbocycles. The van der Waals surface area contributed by atoms with Crippen molar-refractivity contribution < 1.29 is 29.6 Å². The Morgan fingerprint density at radius 3 is 2.67 bits per heavy atom. The third-order valence-corrected chi connectivity index (χ3v) is 2.58. The van der Waals surface area contributed by atoms with Crippen molar-refractivity contribution in [3.05, 3.63) is 0 Å². The largest absolute Gasteiger partial charge is 0.394 e. The molecule has 1 fully saturated rings. The molecule has 102 valence electrons. The molecule has 0 aromatic carbocycles. The molecule has 7 nitrogen and oxygen atoms in total. The number of amides is 1. The number of hydrogen-bond donors (Lipinski definition) is 4. The highest BCUT2D eigenvalue weighted by molar-refractivity contribution is 5.73. The van der Waals surface area contributed by atoms with Gasteiger partial charge in [0, 0.05) is 6.92 Å². The average molecular weight is 259 g/mol. The first-order valence-corrected chi connectivity index (χ1v) is 5.46. The van der Waals surface area contributed by atoms with Crippen LogP contribution in [0.5, 0.6) is 0 Å². The maximum absolute atomic E-state index is 11.0. The lowest BCUT2D eigenvalue weighted by Crippen LogP contribution is -2.64. The summed E-state index contributed by atoms with van der Waals surface area (Å²) in [6.45, 7) is 0.693. The molecule has 1 amide bonds. The Hall–Kier alpha value is -1.17. The van der Waals surface area contributed by atoms with Gasteiger partial charge >= 0.3 is 0 Å². The molecule has 4 N–H and O–H groups in total. The minimum Gasteiger partial charge on any atom is -0.394 e. The van der Waals surface area contributed by atoms with E-state index in [1.54, 1.807) is 0 Å². The van der Waals surface area contributed by atoms with Gasteiger partial charge < -0.3 is 30.1 Å². The molecule has 0 bridgehead atoms. The molecule has 0 aromatic heterocycles. The fourth-order valence-corrected chi connectivity index (χ4v) is 1.74. The van der Waals surface area contributed by atoms with Crippen molar-refractivity contribution in [1.82, 2.24) is 5.32 Å². The van der Waals surface area contributed by atoms with Gasteiger partial charge in [-0.2, -0.15) is 0 Å². The molecule has 1 heterocycles. The number of terminal acetylenes is 1. The number of nitrogens with one attached hydrogen (secondary N) is 1. The van der Waals surface area contributed by atoms with E-state index in [-0.39, 0.29) is 6.61 Å². The molecule has 18 heavy (non-hydrogen) atoms. The van der Waals surface area contributed by atoms with Crippen molar-refractivity contribution in [3.63, 3.8) is 0 Å². The van der Waals surface area contributed by atoms with Crippen molar-refractivity contribution in [3.8, 4) is 12.3 Å². The van der Waals surface area contributed by atoms with Crippen LogP contribution in [-0.2, 0) is 14.3 Å². The Morgan fingerprint density at radius 2 is 2.17 bits per heavy atom. The van der Waals surface area contributed by atoms with Gasteiger partial charge in [0.15, 0.2) is 6.29 Å². The summed E-state index contributed by atoms with van der Waals surface area (Å²) in [4.78, 5) is 11.0. The normalized spacial score (nSPS) is 35.8. The smallest absolute Gasteiger partial charge is 0.217 e. The lowest BCUT2D eigenvalue weighted by atomic mass is 9.97. The minimum absolute atomic E-state index is 0.0816. The molecule has 7 heteroatoms. The highest BCUT2D eigenvalue weighted by Gasteiger charge is 2.45. The van der Waals surface area contributed by atoms with E-state index in [0.717, 1.165) is 0 Å². The Balaban J connectivity index is 2.80. The number of rotatable bonds is 4. The lowest BCUT2D eigenvalue weighted by Gasteiger charge is -2.41. The number of ether oxygens (including phenoxy) is 2. The lowest BCUT2D eigenvalue weighted by molar-refractivity contribution is -0.266. The van der Waals surface area contributed by atoms with E-state index < -0.39 is 43.2 Å². The van der Waals surface area contributed by atoms with Crippen LogP contribution in [-0.4, -0.2) is 65.1 Å². The van der Waals surface area contributed by atoms with Crippen LogP contribution in [0.25, 0.3) is 0 Å². The minimum atomic E-state index is -1.32. The average Bonchev–Trinajstić information content (AvgIpc) is 2.33. The van der Waals surface area contributed by atoms with E-state index in [2.05, 4.69) is 11.2 Å². The van der Waals surface area contributed by atoms with Crippen LogP contribution < -0.4 is 5.32 Å². The van der Waals surface area contributed by atoms with Crippen LogP contribution in [0.2, 0.25) is 0 Å². The zero-order chi connectivity index (χ0) is 13.7. The summed E-state index contributed by atoms with van der Waals surface area (Å²) in [7, 11) is 0. The zero-order valence-electron chi connectivity index (χ0n) is 9.94. The predicted octanol–water partition coefficient (Wildman–Crippen LogP) is -2.42. The number of aliphatic hydroxyl groups is 3. The van der Waals surface area contributed by atoms with Crippen LogP contribution in [0.1, 0.15) is 6.92 Å². The van der Waals surface area contributed by atoms with Crippen LogP contribution in [0.15, 0.2) is 0 Å². The van der Waals surface area contributed by atoms with Crippen LogP contribution in [0.4, 0.5) is 0 Å². The van der Waals surface area contributed by atoms with Crippen LogP contribution in [0, 0.1) is 12.3 Å². The first-order valence-electron chi connectivity index (χ1n) is 5.46. The van der Waals surface area contributed by atoms with E-state index in [9.17, 15) is 15.0 Å². The van der Waals surface area contributed by atoms with Gasteiger partial charge in [-0.3, -0.25) is 4.79 Å². The summed E-state index contributed by atoms with van der Waals surface area (Å²) in [5.74, 6) is 1.82. The van der Waals surface area contributed by atoms with E-state index in [0.29, 0.717) is 0 Å². The van der Waals surface area contributed by atoms with Crippen LogP contribution in [0.3, 0.4) is 0 Å². The number of carbonyl (C=O) groups excluding carboxylic acids is 1. The van der Waals surface area contributed by atoms with Gasteiger partial charge in [-0.05, 0) is 0 Å². The molecule has 1 aliphatic rings. The molecule has 1 aliphatic heterocycles. The van der Waals surface area contributed by atoms with Crippen molar-refractivity contribution >= 4 is 5.91 Å².